The van der Waals surface area contributed by atoms with Gasteiger partial charge in [0.1, 0.15) is 0 Å². The van der Waals surface area contributed by atoms with Crippen molar-refractivity contribution < 1.29 is 39.4 Å². The highest BCUT2D eigenvalue weighted by atomic mass is 16.5. The fraction of sp³-hybridized carbons (Fsp3) is 0.978. The second kappa shape index (κ2) is 18.7. The Hall–Kier alpha value is -0.770. The molecule has 4 N–H and O–H groups in total. The Labute approximate surface area is 323 Å². The molecule has 4 aliphatic carbocycles. The molecular weight excluding hydrogens is 668 g/mol. The second-order valence-corrected chi connectivity index (χ2v) is 20.0. The lowest BCUT2D eigenvalue weighted by Gasteiger charge is -2.49. The van der Waals surface area contributed by atoms with Crippen molar-refractivity contribution in [2.45, 2.75) is 115 Å². The molecule has 4 fully saturated rings. The van der Waals surface area contributed by atoms with E-state index in [-0.39, 0.29) is 60.6 Å². The molecular formula is C45H82O8. The first-order valence-electron chi connectivity index (χ1n) is 21.8. The number of rotatable bonds is 13. The Morgan fingerprint density at radius 3 is 0.849 bits per heavy atom. The first-order valence-corrected chi connectivity index (χ1v) is 21.8. The summed E-state index contributed by atoms with van der Waals surface area (Å²) >= 11 is 0. The minimum Gasteiger partial charge on any atom is -0.481 e. The molecule has 4 aliphatic rings. The van der Waals surface area contributed by atoms with Gasteiger partial charge in [0.25, 0.3) is 0 Å². The van der Waals surface area contributed by atoms with Gasteiger partial charge in [-0.15, -0.1) is 0 Å². The third-order valence-electron chi connectivity index (χ3n) is 18.3. The summed E-state index contributed by atoms with van der Waals surface area (Å²) in [5.41, 5.74) is 0. The lowest BCUT2D eigenvalue weighted by Crippen LogP contribution is -2.55. The van der Waals surface area contributed by atoms with Gasteiger partial charge in [0.2, 0.25) is 0 Å². The largest absolute Gasteiger partial charge is 0.481 e. The first kappa shape index (κ1) is 44.9. The Bertz CT molecular complexity index is 1100. The summed E-state index contributed by atoms with van der Waals surface area (Å²) < 4.78 is 19.0. The van der Waals surface area contributed by atoms with Crippen molar-refractivity contribution in [1.29, 1.82) is 0 Å². The number of hydrogen-bond acceptors (Lipinski definition) is 7. The summed E-state index contributed by atoms with van der Waals surface area (Å²) in [5.74, 6) is 4.14. The van der Waals surface area contributed by atoms with Gasteiger partial charge in [0.05, 0.1) is 50.7 Å². The summed E-state index contributed by atoms with van der Waals surface area (Å²) in [6, 6.07) is 0. The Morgan fingerprint density at radius 2 is 0.547 bits per heavy atom. The monoisotopic (exact) mass is 751 g/mol. The molecule has 0 aromatic carbocycles. The third kappa shape index (κ3) is 9.03. The molecule has 4 rings (SSSR count). The van der Waals surface area contributed by atoms with Crippen molar-refractivity contribution in [2.75, 3.05) is 39.6 Å². The van der Waals surface area contributed by atoms with Gasteiger partial charge in [-0.25, -0.2) is 0 Å². The number of aliphatic hydroxyl groups excluding tert-OH is 3. The molecule has 8 nitrogen and oxygen atoms in total. The number of aliphatic carboxylic acids is 1. The quantitative estimate of drug-likeness (QED) is 0.153. The van der Waals surface area contributed by atoms with E-state index in [9.17, 15) is 25.2 Å². The van der Waals surface area contributed by atoms with E-state index in [1.165, 1.54) is 0 Å². The number of aliphatic hydroxyl groups is 3. The normalized spacial score (nSPS) is 52.3. The molecule has 0 spiro atoms. The van der Waals surface area contributed by atoms with Crippen molar-refractivity contribution in [1.82, 2.24) is 0 Å². The van der Waals surface area contributed by atoms with Gasteiger partial charge in [-0.2, -0.15) is 0 Å². The third-order valence-corrected chi connectivity index (χ3v) is 18.3. The lowest BCUT2D eigenvalue weighted by molar-refractivity contribution is -0.174. The van der Waals surface area contributed by atoms with Crippen LogP contribution in [0.25, 0.3) is 0 Å². The van der Waals surface area contributed by atoms with Crippen molar-refractivity contribution >= 4 is 5.97 Å². The maximum absolute atomic E-state index is 12.7. The van der Waals surface area contributed by atoms with Gasteiger partial charge < -0.3 is 34.6 Å². The Kier molecular flexibility index (Phi) is 15.8. The van der Waals surface area contributed by atoms with Crippen LogP contribution in [-0.2, 0) is 19.0 Å². The molecule has 4 saturated carbocycles. The summed E-state index contributed by atoms with van der Waals surface area (Å²) in [6.07, 6.45) is -2.93. The predicted molar refractivity (Wildman–Crippen MR) is 211 cm³/mol. The molecule has 0 radical (unpaired) electrons. The number of carbonyl (C=O) groups is 1. The average Bonchev–Trinajstić information content (AvgIpc) is 3.12. The number of ether oxygens (including phenoxy) is 3. The zero-order chi connectivity index (χ0) is 39.8. The Balaban J connectivity index is 1.31. The van der Waals surface area contributed by atoms with E-state index in [1.807, 2.05) is 0 Å². The highest BCUT2D eigenvalue weighted by molar-refractivity contribution is 5.71. The fourth-order valence-electron chi connectivity index (χ4n) is 12.2. The van der Waals surface area contributed by atoms with Crippen LogP contribution >= 0.6 is 0 Å². The van der Waals surface area contributed by atoms with Gasteiger partial charge in [-0.05, 0) is 94.7 Å². The van der Waals surface area contributed by atoms with Gasteiger partial charge in [-0.3, -0.25) is 4.79 Å². The summed E-state index contributed by atoms with van der Waals surface area (Å²) in [6.45, 7) is 34.5. The van der Waals surface area contributed by atoms with Crippen molar-refractivity contribution in [2.24, 2.45) is 124 Å². The van der Waals surface area contributed by atoms with Crippen LogP contribution < -0.4 is 0 Å². The molecule has 0 bridgehead atoms. The summed E-state index contributed by atoms with van der Waals surface area (Å²) in [7, 11) is 0. The summed E-state index contributed by atoms with van der Waals surface area (Å²) in [4.78, 5) is 12.7. The van der Waals surface area contributed by atoms with Crippen LogP contribution in [0.15, 0.2) is 0 Å². The molecule has 0 saturated heterocycles. The van der Waals surface area contributed by atoms with Crippen molar-refractivity contribution in [3.63, 3.8) is 0 Å². The minimum absolute atomic E-state index is 0.00921. The molecule has 310 valence electrons. The van der Waals surface area contributed by atoms with Crippen molar-refractivity contribution in [3.8, 4) is 0 Å². The average molecular weight is 751 g/mol. The Morgan fingerprint density at radius 1 is 0.340 bits per heavy atom. The fourth-order valence-corrected chi connectivity index (χ4v) is 12.2. The van der Waals surface area contributed by atoms with Crippen LogP contribution in [0.4, 0.5) is 0 Å². The van der Waals surface area contributed by atoms with Crippen LogP contribution in [-0.4, -0.2) is 84.3 Å². The van der Waals surface area contributed by atoms with Gasteiger partial charge in [0.15, 0.2) is 0 Å². The zero-order valence-corrected chi connectivity index (χ0v) is 36.0. The first-order chi connectivity index (χ1) is 24.8. The lowest BCUT2D eigenvalue weighted by atomic mass is 9.59. The van der Waals surface area contributed by atoms with E-state index < -0.39 is 30.2 Å². The highest BCUT2D eigenvalue weighted by Crippen LogP contribution is 2.48. The van der Waals surface area contributed by atoms with E-state index >= 15 is 0 Å². The smallest absolute Gasteiger partial charge is 0.309 e. The van der Waals surface area contributed by atoms with E-state index in [0.29, 0.717) is 97.4 Å². The van der Waals surface area contributed by atoms with Gasteiger partial charge in [-0.1, -0.05) is 96.9 Å². The molecule has 20 atom stereocenters. The zero-order valence-electron chi connectivity index (χ0n) is 36.0. The maximum atomic E-state index is 12.7. The van der Waals surface area contributed by atoms with E-state index in [4.69, 9.17) is 14.2 Å². The number of hydrogen-bond donors (Lipinski definition) is 4. The molecule has 0 aromatic heterocycles. The molecule has 53 heavy (non-hydrogen) atoms. The minimum atomic E-state index is -1.04. The van der Waals surface area contributed by atoms with Crippen molar-refractivity contribution in [3.05, 3.63) is 0 Å². The highest BCUT2D eigenvalue weighted by Gasteiger charge is 2.51. The van der Waals surface area contributed by atoms with Crippen LogP contribution in [0.5, 0.6) is 0 Å². The van der Waals surface area contributed by atoms with Crippen LogP contribution in [0, 0.1) is 124 Å². The number of carboxylic acid groups (broad SMARTS) is 1. The second-order valence-electron chi connectivity index (χ2n) is 20.0. The molecule has 0 amide bonds. The van der Waals surface area contributed by atoms with Gasteiger partial charge >= 0.3 is 5.97 Å². The molecule has 0 aliphatic heterocycles. The van der Waals surface area contributed by atoms with E-state index in [2.05, 4.69) is 96.9 Å². The topological polar surface area (TPSA) is 126 Å². The number of carboxylic acids is 1. The van der Waals surface area contributed by atoms with Crippen LogP contribution in [0.3, 0.4) is 0 Å². The molecule has 20 unspecified atom stereocenters. The molecule has 8 heteroatoms. The molecule has 0 aromatic rings. The SMILES string of the molecule is CC1C(C)C(C)C(COCC2C(C)C(C)C(COCC3C(C)C(C)C(COCC4C(C)C(C)C(C)C(C)C4C)C(O)C3C(=O)O)C(O)C2O)C(C)C1C. The van der Waals surface area contributed by atoms with Crippen LogP contribution in [0.1, 0.15) is 96.9 Å². The maximum Gasteiger partial charge on any atom is 0.309 e. The van der Waals surface area contributed by atoms with Crippen LogP contribution in [0.2, 0.25) is 0 Å². The predicted octanol–water partition coefficient (Wildman–Crippen LogP) is 7.48. The van der Waals surface area contributed by atoms with E-state index in [0.717, 1.165) is 0 Å². The standard InChI is InChI=1S/C45H82O8/c1-21-23(3)27(7)35(28(8)24(21)4)15-51-18-38-32(12)31(11)37(41(42(38)46)45(49)50)17-53-20-40-34(14)33(13)39(43(47)44(40)48)19-52-16-36-29(9)25(5)22(2)26(6)30(36)10/h21-44,46-48H,15-20H2,1-14H3,(H,49,50). The summed E-state index contributed by atoms with van der Waals surface area (Å²) in [5, 5.41) is 44.7. The van der Waals surface area contributed by atoms with Gasteiger partial charge in [0, 0.05) is 36.9 Å². The molecule has 0 heterocycles. The van der Waals surface area contributed by atoms with E-state index in [1.54, 1.807) is 0 Å².